The number of carbonyl (C=O) groups excluding carboxylic acids is 11. The quantitative estimate of drug-likeness (QED) is 0.0584. The van der Waals surface area contributed by atoms with Crippen molar-refractivity contribution in [2.24, 2.45) is 23.3 Å². The smallest absolute Gasteiger partial charge is 0.243 e. The average Bonchev–Trinajstić information content (AvgIpc) is 3.93. The molecule has 2 heterocycles. The van der Waals surface area contributed by atoms with E-state index in [1.54, 1.807) is 13.1 Å². The van der Waals surface area contributed by atoms with E-state index in [0.717, 1.165) is 16.5 Å². The van der Waals surface area contributed by atoms with Gasteiger partial charge >= 0.3 is 0 Å². The number of aromatic nitrogens is 1. The van der Waals surface area contributed by atoms with E-state index in [2.05, 4.69) is 26.3 Å². The number of hydrogen-bond acceptors (Lipinski definition) is 12. The van der Waals surface area contributed by atoms with E-state index in [9.17, 15) is 52.7 Å². The number of Topliss-reactive ketones (excluding diaryl/α,β-unsaturated/α-hetero) is 5. The number of amides is 6. The molecule has 0 aliphatic carbocycles. The van der Waals surface area contributed by atoms with Crippen LogP contribution in [-0.4, -0.2) is 119 Å². The highest BCUT2D eigenvalue weighted by atomic mass is 16.2. The molecule has 1 aromatic heterocycles. The second-order valence-corrected chi connectivity index (χ2v) is 16.1. The molecule has 2 aromatic rings. The third kappa shape index (κ3) is 16.9. The number of H-pyrrole nitrogens is 1. The van der Waals surface area contributed by atoms with Crippen molar-refractivity contribution in [1.82, 2.24) is 31.2 Å². The maximum Gasteiger partial charge on any atom is 0.243 e. The van der Waals surface area contributed by atoms with E-state index in [-0.39, 0.29) is 114 Å². The fourth-order valence-corrected chi connectivity index (χ4v) is 7.26. The van der Waals surface area contributed by atoms with E-state index >= 15 is 0 Å². The van der Waals surface area contributed by atoms with Crippen LogP contribution >= 0.6 is 0 Å². The van der Waals surface area contributed by atoms with Crippen molar-refractivity contribution >= 4 is 75.3 Å². The van der Waals surface area contributed by atoms with Gasteiger partial charge in [-0.2, -0.15) is 0 Å². The Balaban J connectivity index is 1.61. The average molecular weight is 879 g/mol. The highest BCUT2D eigenvalue weighted by molar-refractivity contribution is 5.97. The van der Waals surface area contributed by atoms with Gasteiger partial charge in [0.05, 0.1) is 25.7 Å². The number of carbonyl (C=O) groups is 11. The normalized spacial score (nSPS) is 15.4. The molecule has 9 N–H and O–H groups in total. The molecular formula is C44H62N8O11. The maximum absolute atomic E-state index is 13.9. The summed E-state index contributed by atoms with van der Waals surface area (Å²) < 4.78 is 0. The van der Waals surface area contributed by atoms with Crippen LogP contribution in [0.4, 0.5) is 0 Å². The number of primary amides is 1. The summed E-state index contributed by atoms with van der Waals surface area (Å²) in [7, 11) is 0. The summed E-state index contributed by atoms with van der Waals surface area (Å²) in [4.78, 5) is 144. The first-order valence-corrected chi connectivity index (χ1v) is 21.5. The molecule has 19 heteroatoms. The van der Waals surface area contributed by atoms with Crippen LogP contribution in [0.25, 0.3) is 10.9 Å². The molecule has 1 fully saturated rings. The fraction of sp³-hybridized carbons (Fsp3) is 0.568. The van der Waals surface area contributed by atoms with Crippen LogP contribution in [0.1, 0.15) is 103 Å². The number of ketones is 5. The number of para-hydroxylation sites is 1. The van der Waals surface area contributed by atoms with Gasteiger partial charge in [0.15, 0.2) is 17.3 Å². The van der Waals surface area contributed by atoms with Gasteiger partial charge in [-0.15, -0.1) is 0 Å². The molecule has 0 radical (unpaired) electrons. The second-order valence-electron chi connectivity index (χ2n) is 16.1. The minimum atomic E-state index is -1.32. The summed E-state index contributed by atoms with van der Waals surface area (Å²) in [6.45, 7) is 4.19. The lowest BCUT2D eigenvalue weighted by atomic mass is 9.86. The zero-order chi connectivity index (χ0) is 46.6. The zero-order valence-electron chi connectivity index (χ0n) is 36.4. The Morgan fingerprint density at radius 3 is 2.19 bits per heavy atom. The summed E-state index contributed by atoms with van der Waals surface area (Å²) in [6, 6.07) is 4.22. The van der Waals surface area contributed by atoms with E-state index in [4.69, 9.17) is 11.5 Å². The molecule has 344 valence electrons. The highest BCUT2D eigenvalue weighted by Crippen LogP contribution is 2.23. The fourth-order valence-electron chi connectivity index (χ4n) is 7.26. The minimum Gasteiger partial charge on any atom is -0.370 e. The molecule has 0 bridgehead atoms. The molecule has 5 unspecified atom stereocenters. The van der Waals surface area contributed by atoms with Crippen LogP contribution in [0.5, 0.6) is 0 Å². The molecule has 19 nitrogen and oxygen atoms in total. The van der Waals surface area contributed by atoms with Crippen LogP contribution in [0.2, 0.25) is 0 Å². The van der Waals surface area contributed by atoms with Crippen molar-refractivity contribution in [1.29, 1.82) is 0 Å². The number of rotatable bonds is 29. The molecule has 1 aromatic carbocycles. The van der Waals surface area contributed by atoms with Gasteiger partial charge in [-0.25, -0.2) is 0 Å². The van der Waals surface area contributed by atoms with Gasteiger partial charge in [0.25, 0.3) is 0 Å². The Morgan fingerprint density at radius 1 is 0.810 bits per heavy atom. The lowest BCUT2D eigenvalue weighted by Gasteiger charge is -2.27. The number of nitrogens with two attached hydrogens (primary N) is 2. The largest absolute Gasteiger partial charge is 0.370 e. The molecular weight excluding hydrogens is 817 g/mol. The molecule has 1 aliphatic heterocycles. The first-order chi connectivity index (χ1) is 29.9. The van der Waals surface area contributed by atoms with Crippen molar-refractivity contribution in [2.75, 3.05) is 26.2 Å². The summed E-state index contributed by atoms with van der Waals surface area (Å²) in [5.74, 6) is -6.69. The number of fused-ring (bicyclic) bond motifs is 1. The molecule has 1 aliphatic rings. The first kappa shape index (κ1) is 51.2. The lowest BCUT2D eigenvalue weighted by molar-refractivity contribution is -0.140. The van der Waals surface area contributed by atoms with Crippen molar-refractivity contribution in [3.63, 3.8) is 0 Å². The zero-order valence-corrected chi connectivity index (χ0v) is 36.4. The maximum atomic E-state index is 13.9. The number of likely N-dealkylation sites (tertiary alicyclic amines) is 1. The molecule has 3 rings (SSSR count). The van der Waals surface area contributed by atoms with Crippen molar-refractivity contribution < 1.29 is 52.7 Å². The first-order valence-electron chi connectivity index (χ1n) is 21.5. The number of benzene rings is 1. The summed E-state index contributed by atoms with van der Waals surface area (Å²) >= 11 is 0. The molecule has 5 atom stereocenters. The van der Waals surface area contributed by atoms with Crippen LogP contribution in [-0.2, 0) is 59.2 Å². The lowest BCUT2D eigenvalue weighted by Crippen LogP contribution is -2.54. The van der Waals surface area contributed by atoms with E-state index < -0.39 is 77.6 Å². The molecule has 6 amide bonds. The van der Waals surface area contributed by atoms with Crippen molar-refractivity contribution in [3.8, 4) is 0 Å². The number of nitrogens with one attached hydrogen (secondary N) is 5. The second kappa shape index (κ2) is 25.7. The minimum absolute atomic E-state index is 0.0127. The summed E-state index contributed by atoms with van der Waals surface area (Å²) in [5.41, 5.74) is 12.2. The summed E-state index contributed by atoms with van der Waals surface area (Å²) in [5, 5.41) is 11.2. The Labute approximate surface area is 366 Å². The predicted octanol–water partition coefficient (Wildman–Crippen LogP) is 0.386. The van der Waals surface area contributed by atoms with Gasteiger partial charge in [0, 0.05) is 87.3 Å². The Morgan fingerprint density at radius 2 is 1.51 bits per heavy atom. The van der Waals surface area contributed by atoms with Gasteiger partial charge in [0.1, 0.15) is 23.7 Å². The molecule has 63 heavy (non-hydrogen) atoms. The van der Waals surface area contributed by atoms with Crippen LogP contribution in [0, 0.1) is 11.8 Å². The third-order valence-electron chi connectivity index (χ3n) is 11.2. The highest BCUT2D eigenvalue weighted by Gasteiger charge is 2.36. The summed E-state index contributed by atoms with van der Waals surface area (Å²) in [6.07, 6.45) is 1.67. The van der Waals surface area contributed by atoms with E-state index in [1.165, 1.54) is 11.8 Å². The molecule has 0 spiro atoms. The van der Waals surface area contributed by atoms with Crippen LogP contribution in [0.3, 0.4) is 0 Å². The predicted molar refractivity (Wildman–Crippen MR) is 230 cm³/mol. The van der Waals surface area contributed by atoms with Crippen molar-refractivity contribution in [3.05, 3.63) is 36.0 Å². The Hall–Kier alpha value is -6.11. The third-order valence-corrected chi connectivity index (χ3v) is 11.2. The van der Waals surface area contributed by atoms with Gasteiger partial charge in [-0.1, -0.05) is 38.5 Å². The number of nitrogens with zero attached hydrogens (tertiary/aromatic N) is 1. The number of aromatic amines is 1. The molecule has 1 saturated heterocycles. The van der Waals surface area contributed by atoms with Crippen molar-refractivity contribution in [2.45, 2.75) is 122 Å². The van der Waals surface area contributed by atoms with Gasteiger partial charge in [-0.05, 0) is 43.7 Å². The Kier molecular flexibility index (Phi) is 20.9. The molecule has 0 saturated carbocycles. The van der Waals surface area contributed by atoms with Gasteiger partial charge < -0.3 is 47.4 Å². The Bertz CT molecular complexity index is 2010. The van der Waals surface area contributed by atoms with Gasteiger partial charge in [-0.3, -0.25) is 47.9 Å². The van der Waals surface area contributed by atoms with Gasteiger partial charge in [0.2, 0.25) is 35.4 Å². The van der Waals surface area contributed by atoms with Crippen LogP contribution < -0.4 is 32.7 Å². The monoisotopic (exact) mass is 878 g/mol. The van der Waals surface area contributed by atoms with Crippen LogP contribution in [0.15, 0.2) is 30.5 Å². The van der Waals surface area contributed by atoms with E-state index in [0.29, 0.717) is 12.8 Å². The SMILES string of the molecule is CCC(C)C(CC(=O)CNC(=O)C(CCC(N)=O)NC(=O)C1CCCN1C(=O)CCC(=O)CNC(=O)CCC(=O)CN)C(=O)NC(Cc1c[nH]c2ccccc12)C(=O)CCC(C)=O. The van der Waals surface area contributed by atoms with E-state index in [1.807, 2.05) is 31.2 Å². The topological polar surface area (TPSA) is 307 Å². The number of hydrogen-bond donors (Lipinski definition) is 7. The standard InChI is InChI=1S/C44H62N8O11/c1-4-26(2)33(42(61)51-36(38(57)15-11-27(3)53)20-28-23-47-34-9-6-5-8-32(28)34)21-31(56)25-49-43(62)35(14-16-39(46)58)50-44(63)37-10-7-19-52(37)41(60)18-13-30(55)24-48-40(59)17-12-29(54)22-45/h5-6,8-9,23,26,33,35-37,47H,4,7,10-22,24-25,45H2,1-3H3,(H2,46,58)(H,48,59)(H,49,62)(H,50,63)(H,51,61).